The number of rotatable bonds is 2. The molecular formula is C11H9NO. The highest BCUT2D eigenvalue weighted by molar-refractivity contribution is 6.09. The number of benzene rings is 1. The number of hydrogen-bond donors (Lipinski definition) is 0. The monoisotopic (exact) mass is 171 g/mol. The van der Waals surface area contributed by atoms with E-state index in [0.29, 0.717) is 5.57 Å². The zero-order valence-corrected chi connectivity index (χ0v) is 7.32. The van der Waals surface area contributed by atoms with Crippen molar-refractivity contribution in [3.63, 3.8) is 0 Å². The number of allylic oxidation sites excluding steroid dienone is 1. The molecule has 0 aliphatic carbocycles. The van der Waals surface area contributed by atoms with E-state index in [0.717, 1.165) is 5.56 Å². The van der Waals surface area contributed by atoms with Crippen LogP contribution in [0, 0.1) is 11.3 Å². The summed E-state index contributed by atoms with van der Waals surface area (Å²) in [4.78, 5) is 10.9. The normalized spacial score (nSPS) is 10.6. The van der Waals surface area contributed by atoms with Gasteiger partial charge in [0.25, 0.3) is 5.78 Å². The molecule has 64 valence electrons. The molecular weight excluding hydrogens is 162 g/mol. The lowest BCUT2D eigenvalue weighted by molar-refractivity contribution is -0.110. The molecule has 0 saturated carbocycles. The van der Waals surface area contributed by atoms with Crippen LogP contribution in [-0.4, -0.2) is 5.78 Å². The Bertz CT molecular complexity index is 371. The zero-order valence-electron chi connectivity index (χ0n) is 7.32. The van der Waals surface area contributed by atoms with Crippen molar-refractivity contribution in [2.75, 3.05) is 0 Å². The van der Waals surface area contributed by atoms with E-state index in [-0.39, 0.29) is 0 Å². The van der Waals surface area contributed by atoms with Crippen molar-refractivity contribution in [3.8, 4) is 6.07 Å². The summed E-state index contributed by atoms with van der Waals surface area (Å²) < 4.78 is 0. The maximum Gasteiger partial charge on any atom is 0.257 e. The summed E-state index contributed by atoms with van der Waals surface area (Å²) in [5.74, 6) is -0.483. The predicted molar refractivity (Wildman–Crippen MR) is 50.7 cm³/mol. The SMILES string of the molecule is C/C(=C\c1ccccc1)C(=O)C#N. The lowest BCUT2D eigenvalue weighted by atomic mass is 10.1. The smallest absolute Gasteiger partial charge is 0.257 e. The van der Waals surface area contributed by atoms with Gasteiger partial charge in [-0.15, -0.1) is 0 Å². The predicted octanol–water partition coefficient (Wildman–Crippen LogP) is 2.18. The van der Waals surface area contributed by atoms with E-state index in [1.807, 2.05) is 30.3 Å². The fourth-order valence-corrected chi connectivity index (χ4v) is 0.953. The van der Waals surface area contributed by atoms with Crippen LogP contribution < -0.4 is 0 Å². The third-order valence-corrected chi connectivity index (χ3v) is 1.64. The van der Waals surface area contributed by atoms with E-state index < -0.39 is 5.78 Å². The Labute approximate surface area is 77.1 Å². The molecule has 2 heteroatoms. The second-order valence-corrected chi connectivity index (χ2v) is 2.68. The zero-order chi connectivity index (χ0) is 9.68. The van der Waals surface area contributed by atoms with Gasteiger partial charge in [0, 0.05) is 5.57 Å². The molecule has 0 bridgehead atoms. The van der Waals surface area contributed by atoms with Crippen molar-refractivity contribution < 1.29 is 4.79 Å². The number of nitriles is 1. The van der Waals surface area contributed by atoms with E-state index in [1.54, 1.807) is 19.1 Å². The van der Waals surface area contributed by atoms with Crippen molar-refractivity contribution in [1.29, 1.82) is 5.26 Å². The van der Waals surface area contributed by atoms with Crippen LogP contribution in [0.2, 0.25) is 0 Å². The van der Waals surface area contributed by atoms with Crippen LogP contribution in [0.5, 0.6) is 0 Å². The quantitative estimate of drug-likeness (QED) is 0.505. The first kappa shape index (κ1) is 9.21. The maximum atomic E-state index is 10.9. The van der Waals surface area contributed by atoms with Crippen LogP contribution in [0.25, 0.3) is 6.08 Å². The number of hydrogen-bond acceptors (Lipinski definition) is 2. The summed E-state index contributed by atoms with van der Waals surface area (Å²) >= 11 is 0. The Kier molecular flexibility index (Phi) is 2.99. The minimum atomic E-state index is -0.483. The fraction of sp³-hybridized carbons (Fsp3) is 0.0909. The number of carbonyl (C=O) groups excluding carboxylic acids is 1. The second kappa shape index (κ2) is 4.22. The van der Waals surface area contributed by atoms with Crippen molar-refractivity contribution in [3.05, 3.63) is 41.5 Å². The number of carbonyl (C=O) groups is 1. The molecule has 0 aromatic heterocycles. The molecule has 0 N–H and O–H groups in total. The van der Waals surface area contributed by atoms with Gasteiger partial charge in [-0.05, 0) is 18.6 Å². The summed E-state index contributed by atoms with van der Waals surface area (Å²) in [6, 6.07) is 11.0. The summed E-state index contributed by atoms with van der Waals surface area (Å²) in [5, 5.41) is 8.34. The Morgan fingerprint density at radius 2 is 2.00 bits per heavy atom. The van der Waals surface area contributed by atoms with Gasteiger partial charge in [0.2, 0.25) is 0 Å². The number of Topliss-reactive ketones (excluding diaryl/α,β-unsaturated/α-hetero) is 1. The summed E-state index contributed by atoms with van der Waals surface area (Å²) in [5.41, 5.74) is 1.40. The van der Waals surface area contributed by atoms with Crippen LogP contribution in [0.1, 0.15) is 12.5 Å². The van der Waals surface area contributed by atoms with Gasteiger partial charge >= 0.3 is 0 Å². The van der Waals surface area contributed by atoms with Crippen LogP contribution in [0.3, 0.4) is 0 Å². The fourth-order valence-electron chi connectivity index (χ4n) is 0.953. The van der Waals surface area contributed by atoms with Gasteiger partial charge in [0.15, 0.2) is 0 Å². The Balaban J connectivity index is 2.91. The molecule has 0 amide bonds. The highest BCUT2D eigenvalue weighted by Crippen LogP contribution is 2.06. The van der Waals surface area contributed by atoms with Crippen LogP contribution in [0.4, 0.5) is 0 Å². The van der Waals surface area contributed by atoms with E-state index >= 15 is 0 Å². The average Bonchev–Trinajstić information content (AvgIpc) is 2.18. The molecule has 0 spiro atoms. The topological polar surface area (TPSA) is 40.9 Å². The molecule has 1 aromatic carbocycles. The van der Waals surface area contributed by atoms with Gasteiger partial charge in [0.1, 0.15) is 6.07 Å². The molecule has 0 heterocycles. The van der Waals surface area contributed by atoms with Crippen molar-refractivity contribution in [1.82, 2.24) is 0 Å². The highest BCUT2D eigenvalue weighted by atomic mass is 16.1. The molecule has 0 atom stereocenters. The number of ketones is 1. The molecule has 2 nitrogen and oxygen atoms in total. The molecule has 0 aliphatic heterocycles. The third-order valence-electron chi connectivity index (χ3n) is 1.64. The van der Waals surface area contributed by atoms with E-state index in [9.17, 15) is 4.79 Å². The summed E-state index contributed by atoms with van der Waals surface area (Å²) in [7, 11) is 0. The van der Waals surface area contributed by atoms with Gasteiger partial charge in [-0.25, -0.2) is 0 Å². The Morgan fingerprint density at radius 1 is 1.38 bits per heavy atom. The van der Waals surface area contributed by atoms with Gasteiger partial charge in [-0.1, -0.05) is 30.3 Å². The minimum Gasteiger partial charge on any atom is -0.277 e. The van der Waals surface area contributed by atoms with Gasteiger partial charge in [0.05, 0.1) is 0 Å². The number of nitrogens with zero attached hydrogens (tertiary/aromatic N) is 1. The van der Waals surface area contributed by atoms with Gasteiger partial charge in [-0.2, -0.15) is 5.26 Å². The molecule has 13 heavy (non-hydrogen) atoms. The van der Waals surface area contributed by atoms with Crippen molar-refractivity contribution in [2.45, 2.75) is 6.92 Å². The lowest BCUT2D eigenvalue weighted by Crippen LogP contribution is -1.93. The first-order valence-corrected chi connectivity index (χ1v) is 3.92. The second-order valence-electron chi connectivity index (χ2n) is 2.68. The van der Waals surface area contributed by atoms with Crippen molar-refractivity contribution in [2.24, 2.45) is 0 Å². The van der Waals surface area contributed by atoms with Crippen LogP contribution >= 0.6 is 0 Å². The molecule has 0 unspecified atom stereocenters. The molecule has 0 aliphatic rings. The molecule has 1 aromatic rings. The summed E-state index contributed by atoms with van der Waals surface area (Å²) in [6.07, 6.45) is 1.70. The van der Waals surface area contributed by atoms with E-state index in [4.69, 9.17) is 5.26 Å². The molecule has 0 saturated heterocycles. The van der Waals surface area contributed by atoms with E-state index in [1.165, 1.54) is 0 Å². The molecule has 0 fully saturated rings. The highest BCUT2D eigenvalue weighted by Gasteiger charge is 2.00. The lowest BCUT2D eigenvalue weighted by Gasteiger charge is -1.93. The average molecular weight is 171 g/mol. The van der Waals surface area contributed by atoms with Gasteiger partial charge in [-0.3, -0.25) is 4.79 Å². The summed E-state index contributed by atoms with van der Waals surface area (Å²) in [6.45, 7) is 1.64. The van der Waals surface area contributed by atoms with Crippen molar-refractivity contribution >= 4 is 11.9 Å². The first-order chi connectivity index (χ1) is 6.24. The maximum absolute atomic E-state index is 10.9. The van der Waals surface area contributed by atoms with Gasteiger partial charge < -0.3 is 0 Å². The third kappa shape index (κ3) is 2.57. The van der Waals surface area contributed by atoms with E-state index in [2.05, 4.69) is 0 Å². The van der Waals surface area contributed by atoms with Crippen LogP contribution in [-0.2, 0) is 4.79 Å². The Morgan fingerprint density at radius 3 is 2.54 bits per heavy atom. The minimum absolute atomic E-state index is 0.466. The van der Waals surface area contributed by atoms with Crippen LogP contribution in [0.15, 0.2) is 35.9 Å². The Hall–Kier alpha value is -1.88. The molecule has 1 rings (SSSR count). The first-order valence-electron chi connectivity index (χ1n) is 3.92. The largest absolute Gasteiger partial charge is 0.277 e. The molecule has 0 radical (unpaired) electrons. The standard InChI is InChI=1S/C11H9NO/c1-9(11(13)8-12)7-10-5-3-2-4-6-10/h2-7H,1H3/b9-7+.